The Morgan fingerprint density at radius 2 is 1.83 bits per heavy atom. The van der Waals surface area contributed by atoms with Crippen molar-refractivity contribution in [2.24, 2.45) is 5.73 Å². The maximum absolute atomic E-state index is 12.4. The van der Waals surface area contributed by atoms with E-state index in [0.717, 1.165) is 11.1 Å². The minimum Gasteiger partial charge on any atom is -0.480 e. The highest BCUT2D eigenvalue weighted by atomic mass is 19.0. The molecule has 0 fully saturated rings. The number of nitrogens with zero attached hydrogens (tertiary/aromatic N) is 1. The van der Waals surface area contributed by atoms with Gasteiger partial charge in [0.15, 0.2) is 0 Å². The van der Waals surface area contributed by atoms with Gasteiger partial charge in [-0.05, 0) is 35.7 Å². The molecule has 1 heterocycles. The van der Waals surface area contributed by atoms with Gasteiger partial charge in [-0.1, -0.05) is 31.7 Å². The highest BCUT2D eigenvalue weighted by Gasteiger charge is 2.26. The molecule has 2 aromatic carbocycles. The summed E-state index contributed by atoms with van der Waals surface area (Å²) >= 11 is 0. The third kappa shape index (κ3) is 5.40. The molecule has 8 nitrogen and oxygen atoms in total. The molecule has 1 aliphatic rings. The van der Waals surface area contributed by atoms with E-state index in [2.05, 4.69) is 6.77 Å². The van der Waals surface area contributed by atoms with Crippen LogP contribution in [-0.4, -0.2) is 48.2 Å². The van der Waals surface area contributed by atoms with Gasteiger partial charge >= 0.3 is 5.97 Å². The molecule has 0 radical (unpaired) electrons. The number of aliphatic carboxylic acids is 1. The molecule has 0 saturated carbocycles. The van der Waals surface area contributed by atoms with Gasteiger partial charge in [-0.25, -0.2) is 0 Å². The third-order valence-electron chi connectivity index (χ3n) is 4.58. The molecule has 3 rings (SSSR count). The van der Waals surface area contributed by atoms with Crippen molar-refractivity contribution in [3.05, 3.63) is 70.3 Å². The number of amides is 2. The van der Waals surface area contributed by atoms with Crippen molar-refractivity contribution in [1.29, 1.82) is 6.86 Å². The van der Waals surface area contributed by atoms with Gasteiger partial charge in [0.25, 0.3) is 13.3 Å². The summed E-state index contributed by atoms with van der Waals surface area (Å²) in [6.45, 7) is 0.300. The van der Waals surface area contributed by atoms with E-state index in [-0.39, 0.29) is 31.6 Å². The molecule has 0 bridgehead atoms. The van der Waals surface area contributed by atoms with Crippen LogP contribution in [0.4, 0.5) is 4.72 Å². The fraction of sp³-hybridized carbons (Fsp3) is 0.238. The summed E-state index contributed by atoms with van der Waals surface area (Å²) in [6.07, 6.45) is 0.502. The van der Waals surface area contributed by atoms with E-state index < -0.39 is 5.97 Å². The molecule has 0 aliphatic carbocycles. The smallest absolute Gasteiger partial charge is 0.323 e. The number of hydrogen-bond donors (Lipinski definition) is 4. The van der Waals surface area contributed by atoms with Gasteiger partial charge in [-0.15, -0.1) is 0 Å². The number of halogens is 1. The first-order chi connectivity index (χ1) is 14.3. The molecule has 2 aromatic rings. The Balaban J connectivity index is 0.00000156. The molecule has 30 heavy (non-hydrogen) atoms. The molecule has 0 spiro atoms. The number of nitrogens with one attached hydrogen (secondary N) is 2. The van der Waals surface area contributed by atoms with Gasteiger partial charge in [0, 0.05) is 29.8 Å². The van der Waals surface area contributed by atoms with Crippen molar-refractivity contribution in [3.8, 4) is 0 Å². The maximum atomic E-state index is 12.4. The number of carboxylic acids is 1. The number of nitrogens with two attached hydrogens (primary N) is 1. The van der Waals surface area contributed by atoms with E-state index in [9.17, 15) is 14.4 Å². The van der Waals surface area contributed by atoms with Crippen LogP contribution in [-0.2, 0) is 17.8 Å². The standard InChI is InChI=1S/C20H20N4O4.CH4.FH/c21-18(22)13-3-1-12(2-4-13)10-23-19(27)15-5-6-16-14(9-15)7-8-24(20(16)28)11-17(25)26;;/h1-6,9H,7-8,10-11H2,(H3,21,22)(H,23,27)(H,25,26);1H4;1H/i/hT. The zero-order valence-corrected chi connectivity index (χ0v) is 15.4. The van der Waals surface area contributed by atoms with Crippen LogP contribution < -0.4 is 11.1 Å². The molecule has 2 amide bonds. The van der Waals surface area contributed by atoms with Crippen molar-refractivity contribution in [3.63, 3.8) is 0 Å². The molecule has 1 aliphatic heterocycles. The van der Waals surface area contributed by atoms with Crippen molar-refractivity contribution in [2.75, 3.05) is 13.1 Å². The fourth-order valence-corrected chi connectivity index (χ4v) is 3.08. The van der Waals surface area contributed by atoms with Crippen LogP contribution in [0.2, 0.25) is 0 Å². The van der Waals surface area contributed by atoms with Crippen LogP contribution in [0.5, 0.6) is 0 Å². The number of carbonyl (C=O) groups is 3. The van der Waals surface area contributed by atoms with Crippen molar-refractivity contribution in [2.45, 2.75) is 20.4 Å². The number of carbonyl (C=O) groups excluding carboxylic acids is 2. The Kier molecular flexibility index (Phi) is 7.62. The molecule has 0 atom stereocenters. The summed E-state index contributed by atoms with van der Waals surface area (Å²) in [4.78, 5) is 36.9. The Morgan fingerprint density at radius 3 is 2.43 bits per heavy atom. The Bertz CT molecular complexity index is 966. The van der Waals surface area contributed by atoms with Gasteiger partial charge in [-0.2, -0.15) is 0 Å². The van der Waals surface area contributed by atoms with Crippen molar-refractivity contribution in [1.82, 2.24) is 10.2 Å². The topological polar surface area (TPSA) is 137 Å². The highest BCUT2D eigenvalue weighted by Crippen LogP contribution is 2.20. The average Bonchev–Trinajstić information content (AvgIpc) is 2.75. The molecule has 0 saturated heterocycles. The Morgan fingerprint density at radius 1 is 1.20 bits per heavy atom. The second-order valence-electron chi connectivity index (χ2n) is 6.54. The second-order valence-corrected chi connectivity index (χ2v) is 6.54. The maximum Gasteiger partial charge on any atom is 0.323 e. The predicted octanol–water partition coefficient (Wildman–Crippen LogP) is 1.77. The number of hydrogen-bond acceptors (Lipinski definition) is 4. The number of nitrogen functional groups attached to an aromatic ring is 1. The van der Waals surface area contributed by atoms with Crippen molar-refractivity contribution >= 4 is 23.6 Å². The highest BCUT2D eigenvalue weighted by molar-refractivity contribution is 6.00. The summed E-state index contributed by atoms with van der Waals surface area (Å²) in [5.41, 5.74) is 8.52. The van der Waals surface area contributed by atoms with Crippen LogP contribution in [0.25, 0.3) is 0 Å². The van der Waals surface area contributed by atoms with Crippen LogP contribution in [0.3, 0.4) is 0 Å². The molecular weight excluding hydrogens is 391 g/mol. The zero-order valence-electron chi connectivity index (χ0n) is 16.4. The fourth-order valence-electron chi connectivity index (χ4n) is 3.08. The number of fused-ring (bicyclic) bond motifs is 1. The van der Waals surface area contributed by atoms with Crippen LogP contribution in [0.1, 0.15) is 44.8 Å². The zero-order chi connectivity index (χ0) is 22.3. The van der Waals surface area contributed by atoms with Crippen LogP contribution >= 0.6 is 0 Å². The normalized spacial score (nSPS) is 12.4. The van der Waals surface area contributed by atoms with Crippen molar-refractivity contribution < 1.29 is 24.2 Å². The van der Waals surface area contributed by atoms with Gasteiger partial charge in [0.2, 0.25) is 0 Å². The summed E-state index contributed by atoms with van der Waals surface area (Å²) in [5, 5.41) is 19.1. The Labute approximate surface area is 175 Å². The van der Waals surface area contributed by atoms with E-state index in [1.807, 2.05) is 0 Å². The first kappa shape index (κ1) is 22.5. The first-order valence-electron chi connectivity index (χ1n) is 9.08. The van der Waals surface area contributed by atoms with E-state index >= 15 is 0 Å². The minimum atomic E-state index is -1.05. The molecule has 160 valence electrons. The Hall–Kier alpha value is -3.75. The summed E-state index contributed by atoms with van der Waals surface area (Å²) in [7, 11) is 0. The molecule has 0 aromatic heterocycles. The molecule has 0 unspecified atom stereocenters. The van der Waals surface area contributed by atoms with Crippen LogP contribution in [0.15, 0.2) is 42.5 Å². The molecular formula is C21H25FN4O4. The van der Waals surface area contributed by atoms with Gasteiger partial charge in [0.05, 0.1) is 0 Å². The quantitative estimate of drug-likeness (QED) is 0.419. The lowest BCUT2D eigenvalue weighted by molar-refractivity contribution is -0.137. The lowest BCUT2D eigenvalue weighted by Gasteiger charge is -2.27. The van der Waals surface area contributed by atoms with Gasteiger partial charge in [-0.3, -0.25) is 24.5 Å². The van der Waals surface area contributed by atoms with E-state index in [0.29, 0.717) is 36.2 Å². The molecule has 5 N–H and O–H groups in total. The average molecular weight is 418 g/mol. The lowest BCUT2D eigenvalue weighted by Crippen LogP contribution is -2.41. The van der Waals surface area contributed by atoms with E-state index in [1.165, 1.54) is 4.90 Å². The largest absolute Gasteiger partial charge is 0.480 e. The number of rotatable bonds is 6. The van der Waals surface area contributed by atoms with E-state index in [4.69, 9.17) is 21.0 Å². The minimum absolute atomic E-state index is 0. The summed E-state index contributed by atoms with van der Waals surface area (Å²) in [5.74, 6) is -1.66. The molecule has 9 heteroatoms. The van der Waals surface area contributed by atoms with Gasteiger partial charge < -0.3 is 21.1 Å². The SMILES string of the molecule is C.N=C(N)c1ccc(CNC(=O)c2ccc3c(c2)CCN(CC(=O)O)C3=O)cc1.[3H]F. The number of amidine groups is 1. The summed E-state index contributed by atoms with van der Waals surface area (Å²) < 4.78 is 13.0. The third-order valence-corrected chi connectivity index (χ3v) is 4.58. The van der Waals surface area contributed by atoms with Crippen LogP contribution in [0, 0.1) is 5.41 Å². The first-order valence-corrected chi connectivity index (χ1v) is 8.70. The van der Waals surface area contributed by atoms with E-state index in [1.54, 1.807) is 42.5 Å². The van der Waals surface area contributed by atoms with Gasteiger partial charge in [0.1, 0.15) is 12.4 Å². The number of benzene rings is 2. The number of carboxylic acid groups (broad SMARTS) is 1. The predicted molar refractivity (Wildman–Crippen MR) is 112 cm³/mol. The summed E-state index contributed by atoms with van der Waals surface area (Å²) in [6, 6.07) is 11.8. The lowest BCUT2D eigenvalue weighted by atomic mass is 9.96. The second kappa shape index (κ2) is 10.1. The monoisotopic (exact) mass is 418 g/mol.